The van der Waals surface area contributed by atoms with Crippen molar-refractivity contribution in [3.05, 3.63) is 76.8 Å². The van der Waals surface area contributed by atoms with Crippen LogP contribution in [0, 0.1) is 0 Å². The van der Waals surface area contributed by atoms with E-state index in [0.29, 0.717) is 24.6 Å². The summed E-state index contributed by atoms with van der Waals surface area (Å²) in [4.78, 5) is 31.7. The predicted octanol–water partition coefficient (Wildman–Crippen LogP) is 1.23. The summed E-state index contributed by atoms with van der Waals surface area (Å²) in [5, 5.41) is 2.78. The van der Waals surface area contributed by atoms with Gasteiger partial charge in [0.1, 0.15) is 5.82 Å². The number of hydrogen-bond donors (Lipinski definition) is 2. The molecule has 4 rings (SSSR count). The zero-order chi connectivity index (χ0) is 23.4. The van der Waals surface area contributed by atoms with E-state index in [-0.39, 0.29) is 16.0 Å². The van der Waals surface area contributed by atoms with Gasteiger partial charge in [0.2, 0.25) is 10.0 Å². The van der Waals surface area contributed by atoms with Crippen molar-refractivity contribution in [1.29, 1.82) is 0 Å². The van der Waals surface area contributed by atoms with E-state index in [1.54, 1.807) is 12.3 Å². The minimum Gasteiger partial charge on any atom is -0.378 e. The van der Waals surface area contributed by atoms with Gasteiger partial charge >= 0.3 is 0 Å². The first-order valence-electron chi connectivity index (χ1n) is 10.2. The molecule has 0 atom stereocenters. The summed E-state index contributed by atoms with van der Waals surface area (Å²) in [7, 11) is -2.27. The zero-order valence-electron chi connectivity index (χ0n) is 17.9. The highest BCUT2D eigenvalue weighted by Gasteiger charge is 2.14. The van der Waals surface area contributed by atoms with Crippen LogP contribution in [0.25, 0.3) is 5.69 Å². The number of nitrogens with one attached hydrogen (secondary N) is 2. The van der Waals surface area contributed by atoms with Crippen LogP contribution in [-0.4, -0.2) is 57.2 Å². The number of hydrogen-bond acceptors (Lipinski definition) is 7. The average Bonchev–Trinajstić information content (AvgIpc) is 2.85. The third-order valence-electron chi connectivity index (χ3n) is 5.21. The molecule has 3 aromatic rings. The van der Waals surface area contributed by atoms with E-state index in [1.165, 1.54) is 54.2 Å². The Hall–Kier alpha value is -3.54. The summed E-state index contributed by atoms with van der Waals surface area (Å²) in [6.45, 7) is 2.85. The number of carbonyl (C=O) groups is 1. The van der Waals surface area contributed by atoms with E-state index < -0.39 is 15.9 Å². The lowest BCUT2D eigenvalue weighted by molar-refractivity contribution is 0.102. The minimum absolute atomic E-state index is 0.0729. The highest BCUT2D eigenvalue weighted by molar-refractivity contribution is 7.89. The van der Waals surface area contributed by atoms with Gasteiger partial charge < -0.3 is 15.0 Å². The van der Waals surface area contributed by atoms with Gasteiger partial charge in [-0.15, -0.1) is 0 Å². The van der Waals surface area contributed by atoms with E-state index in [1.807, 2.05) is 6.07 Å². The van der Waals surface area contributed by atoms with Gasteiger partial charge in [-0.25, -0.2) is 18.1 Å². The maximum absolute atomic E-state index is 12.8. The van der Waals surface area contributed by atoms with Crippen LogP contribution in [0.4, 0.5) is 11.5 Å². The number of benzene rings is 1. The van der Waals surface area contributed by atoms with Crippen LogP contribution < -0.4 is 20.5 Å². The number of amides is 1. The SMILES string of the molecule is CNS(=O)(=O)c1ccc(-n2cc(C(=O)Nc3ccc(N4CCOCC4)nc3)ccc2=O)cc1. The highest BCUT2D eigenvalue weighted by Crippen LogP contribution is 2.17. The molecule has 3 heterocycles. The molecule has 0 aliphatic carbocycles. The lowest BCUT2D eigenvalue weighted by Crippen LogP contribution is -2.36. The molecule has 0 bridgehead atoms. The number of aromatic nitrogens is 2. The van der Waals surface area contributed by atoms with Crippen LogP contribution in [0.3, 0.4) is 0 Å². The first kappa shape index (κ1) is 22.6. The van der Waals surface area contributed by atoms with Gasteiger partial charge in [-0.05, 0) is 49.5 Å². The Bertz CT molecular complexity index is 1300. The van der Waals surface area contributed by atoms with E-state index in [0.717, 1.165) is 18.9 Å². The average molecular weight is 470 g/mol. The fourth-order valence-corrected chi connectivity index (χ4v) is 4.10. The van der Waals surface area contributed by atoms with Gasteiger partial charge in [0.05, 0.1) is 35.6 Å². The fourth-order valence-electron chi connectivity index (χ4n) is 3.37. The summed E-state index contributed by atoms with van der Waals surface area (Å²) >= 11 is 0. The molecule has 1 fully saturated rings. The first-order valence-corrected chi connectivity index (χ1v) is 11.7. The summed E-state index contributed by atoms with van der Waals surface area (Å²) in [5.74, 6) is 0.410. The van der Waals surface area contributed by atoms with Crippen molar-refractivity contribution in [2.24, 2.45) is 0 Å². The number of carbonyl (C=O) groups excluding carboxylic acids is 1. The number of ether oxygens (including phenoxy) is 1. The fraction of sp³-hybridized carbons (Fsp3) is 0.227. The second-order valence-corrected chi connectivity index (χ2v) is 9.17. The van der Waals surface area contributed by atoms with Crippen molar-refractivity contribution in [3.8, 4) is 5.69 Å². The Morgan fingerprint density at radius 3 is 2.39 bits per heavy atom. The maximum Gasteiger partial charge on any atom is 0.257 e. The Morgan fingerprint density at radius 1 is 1.03 bits per heavy atom. The number of sulfonamides is 1. The minimum atomic E-state index is -3.59. The van der Waals surface area contributed by atoms with E-state index in [4.69, 9.17) is 4.74 Å². The van der Waals surface area contributed by atoms with Crippen molar-refractivity contribution >= 4 is 27.4 Å². The molecule has 33 heavy (non-hydrogen) atoms. The standard InChI is InChI=1S/C22H23N5O5S/c1-23-33(30,31)19-6-4-18(5-7-19)27-15-16(2-9-21(27)28)22(29)25-17-3-8-20(24-14-17)26-10-12-32-13-11-26/h2-9,14-15,23H,10-13H2,1H3,(H,25,29). The van der Waals surface area contributed by atoms with Gasteiger partial charge in [0, 0.05) is 31.0 Å². The quantitative estimate of drug-likeness (QED) is 0.557. The number of rotatable bonds is 6. The van der Waals surface area contributed by atoms with Crippen molar-refractivity contribution in [2.75, 3.05) is 43.6 Å². The van der Waals surface area contributed by atoms with Crippen LogP contribution in [0.5, 0.6) is 0 Å². The molecule has 1 aliphatic rings. The Labute approximate surface area is 190 Å². The van der Waals surface area contributed by atoms with Crippen LogP contribution in [-0.2, 0) is 14.8 Å². The number of nitrogens with zero attached hydrogens (tertiary/aromatic N) is 3. The topological polar surface area (TPSA) is 123 Å². The molecule has 172 valence electrons. The van der Waals surface area contributed by atoms with E-state index in [9.17, 15) is 18.0 Å². The largest absolute Gasteiger partial charge is 0.378 e. The highest BCUT2D eigenvalue weighted by atomic mass is 32.2. The second-order valence-electron chi connectivity index (χ2n) is 7.29. The van der Waals surface area contributed by atoms with Gasteiger partial charge in [-0.3, -0.25) is 14.2 Å². The molecule has 10 nitrogen and oxygen atoms in total. The molecule has 0 radical (unpaired) electrons. The Balaban J connectivity index is 1.51. The van der Waals surface area contributed by atoms with Gasteiger partial charge in [0.25, 0.3) is 11.5 Å². The van der Waals surface area contributed by atoms with Gasteiger partial charge in [-0.1, -0.05) is 0 Å². The molecule has 1 saturated heterocycles. The van der Waals surface area contributed by atoms with Crippen LogP contribution >= 0.6 is 0 Å². The molecule has 11 heteroatoms. The molecule has 1 aromatic carbocycles. The molecule has 0 spiro atoms. The van der Waals surface area contributed by atoms with Crippen molar-refractivity contribution in [3.63, 3.8) is 0 Å². The molecule has 2 aromatic heterocycles. The zero-order valence-corrected chi connectivity index (χ0v) is 18.7. The summed E-state index contributed by atoms with van der Waals surface area (Å²) in [6.07, 6.45) is 2.99. The normalized spacial score (nSPS) is 14.2. The predicted molar refractivity (Wildman–Crippen MR) is 124 cm³/mol. The molecular formula is C22H23N5O5S. The van der Waals surface area contributed by atoms with Gasteiger partial charge in [-0.2, -0.15) is 0 Å². The van der Waals surface area contributed by atoms with E-state index >= 15 is 0 Å². The summed E-state index contributed by atoms with van der Waals surface area (Å²) < 4.78 is 32.7. The Kier molecular flexibility index (Phi) is 6.54. The van der Waals surface area contributed by atoms with Gasteiger partial charge in [0.15, 0.2) is 0 Å². The van der Waals surface area contributed by atoms with Crippen molar-refractivity contribution in [2.45, 2.75) is 4.90 Å². The smallest absolute Gasteiger partial charge is 0.257 e. The monoisotopic (exact) mass is 469 g/mol. The number of morpholine rings is 1. The number of pyridine rings is 2. The summed E-state index contributed by atoms with van der Waals surface area (Å²) in [5.41, 5.74) is 0.865. The first-order chi connectivity index (χ1) is 15.9. The van der Waals surface area contributed by atoms with Crippen molar-refractivity contribution < 1.29 is 17.9 Å². The molecule has 1 aliphatic heterocycles. The van der Waals surface area contributed by atoms with Crippen LogP contribution in [0.2, 0.25) is 0 Å². The Morgan fingerprint density at radius 2 is 1.76 bits per heavy atom. The van der Waals surface area contributed by atoms with Crippen LogP contribution in [0.1, 0.15) is 10.4 Å². The third-order valence-corrected chi connectivity index (χ3v) is 6.64. The second kappa shape index (κ2) is 9.53. The third kappa shape index (κ3) is 5.11. The van der Waals surface area contributed by atoms with Crippen LogP contribution in [0.15, 0.2) is 70.6 Å². The lowest BCUT2D eigenvalue weighted by atomic mass is 10.2. The summed E-state index contributed by atoms with van der Waals surface area (Å²) in [6, 6.07) is 12.1. The molecule has 0 saturated carbocycles. The van der Waals surface area contributed by atoms with E-state index in [2.05, 4.69) is 19.9 Å². The maximum atomic E-state index is 12.8. The molecule has 0 unspecified atom stereocenters. The molecule has 2 N–H and O–H groups in total. The lowest BCUT2D eigenvalue weighted by Gasteiger charge is -2.27. The number of anilines is 2. The molecular weight excluding hydrogens is 446 g/mol. The van der Waals surface area contributed by atoms with Crippen molar-refractivity contribution in [1.82, 2.24) is 14.3 Å². The molecule has 1 amide bonds.